The molecule has 0 radical (unpaired) electrons. The lowest BCUT2D eigenvalue weighted by Gasteiger charge is -2.53. The zero-order chi connectivity index (χ0) is 20.4. The van der Waals surface area contributed by atoms with E-state index in [1.165, 1.54) is 11.1 Å². The number of aromatic hydroxyl groups is 1. The molecule has 2 aromatic rings. The summed E-state index contributed by atoms with van der Waals surface area (Å²) in [6.45, 7) is 2.30. The molecule has 5 rings (SSSR count). The third-order valence-electron chi connectivity index (χ3n) is 8.56. The van der Waals surface area contributed by atoms with Gasteiger partial charge in [0.1, 0.15) is 5.75 Å². The Hall–Kier alpha value is -1.22. The number of rotatable bonds is 2. The van der Waals surface area contributed by atoms with Crippen molar-refractivity contribution >= 4 is 23.2 Å². The summed E-state index contributed by atoms with van der Waals surface area (Å²) in [5.74, 6) is 2.02. The highest BCUT2D eigenvalue weighted by Crippen LogP contribution is 2.65. The summed E-state index contributed by atoms with van der Waals surface area (Å²) in [6.07, 6.45) is 6.66. The summed E-state index contributed by atoms with van der Waals surface area (Å²) in [5, 5.41) is 23.1. The maximum atomic E-state index is 11.9. The molecule has 2 nitrogen and oxygen atoms in total. The SMILES string of the molecule is C[C@]12CC[C@@H]3c4ccc(O)cc4CC[C@H]3[C@@H]1CC[C@@]2(O)Cc1c(Cl)cccc1Cl. The van der Waals surface area contributed by atoms with Crippen molar-refractivity contribution < 1.29 is 10.2 Å². The van der Waals surface area contributed by atoms with Gasteiger partial charge in [0, 0.05) is 16.5 Å². The minimum Gasteiger partial charge on any atom is -0.508 e. The monoisotopic (exact) mass is 430 g/mol. The van der Waals surface area contributed by atoms with Gasteiger partial charge in [-0.3, -0.25) is 0 Å². The van der Waals surface area contributed by atoms with Crippen LogP contribution in [0, 0.1) is 17.3 Å². The van der Waals surface area contributed by atoms with E-state index in [0.29, 0.717) is 40.0 Å². The molecule has 5 atom stereocenters. The number of halogens is 2. The highest BCUT2D eigenvalue weighted by Gasteiger charge is 2.61. The van der Waals surface area contributed by atoms with Gasteiger partial charge < -0.3 is 10.2 Å². The Balaban J connectivity index is 1.47. The largest absolute Gasteiger partial charge is 0.508 e. The summed E-state index contributed by atoms with van der Waals surface area (Å²) in [6, 6.07) is 11.5. The average molecular weight is 431 g/mol. The Morgan fingerprint density at radius 1 is 1.03 bits per heavy atom. The maximum Gasteiger partial charge on any atom is 0.115 e. The molecule has 0 heterocycles. The second-order valence-corrected chi connectivity index (χ2v) is 10.5. The first-order valence-electron chi connectivity index (χ1n) is 10.8. The summed E-state index contributed by atoms with van der Waals surface area (Å²) < 4.78 is 0. The van der Waals surface area contributed by atoms with Crippen LogP contribution in [0.15, 0.2) is 36.4 Å². The third kappa shape index (κ3) is 2.94. The molecule has 154 valence electrons. The standard InChI is InChI=1S/C25H28Cl2O2/c1-24-11-9-18-17-8-6-16(28)13-15(17)5-7-19(18)21(24)10-12-25(24,29)14-20-22(26)3-2-4-23(20)27/h2-4,6,8,13,18-19,21,28-29H,5,7,9-12,14H2,1H3/t18-,19-,21+,24+,25-/m1/s1. The van der Waals surface area contributed by atoms with Gasteiger partial charge in [-0.1, -0.05) is 42.3 Å². The maximum absolute atomic E-state index is 11.9. The van der Waals surface area contributed by atoms with Crippen LogP contribution in [0.3, 0.4) is 0 Å². The van der Waals surface area contributed by atoms with Crippen molar-refractivity contribution in [2.75, 3.05) is 0 Å². The molecule has 0 aliphatic heterocycles. The van der Waals surface area contributed by atoms with Crippen LogP contribution in [0.1, 0.15) is 61.6 Å². The number of benzene rings is 2. The van der Waals surface area contributed by atoms with E-state index in [1.54, 1.807) is 0 Å². The zero-order valence-electron chi connectivity index (χ0n) is 16.8. The van der Waals surface area contributed by atoms with Crippen molar-refractivity contribution in [3.63, 3.8) is 0 Å². The second kappa shape index (κ2) is 6.90. The van der Waals surface area contributed by atoms with Crippen LogP contribution in [0.25, 0.3) is 0 Å². The molecule has 0 unspecified atom stereocenters. The molecule has 2 fully saturated rings. The van der Waals surface area contributed by atoms with E-state index >= 15 is 0 Å². The van der Waals surface area contributed by atoms with Crippen molar-refractivity contribution in [2.45, 2.75) is 63.4 Å². The zero-order valence-corrected chi connectivity index (χ0v) is 18.3. The first-order valence-corrected chi connectivity index (χ1v) is 11.5. The highest BCUT2D eigenvalue weighted by atomic mass is 35.5. The number of hydrogen-bond acceptors (Lipinski definition) is 2. The normalized spacial score (nSPS) is 35.7. The molecule has 4 heteroatoms. The van der Waals surface area contributed by atoms with Crippen LogP contribution < -0.4 is 0 Å². The smallest absolute Gasteiger partial charge is 0.115 e. The van der Waals surface area contributed by atoms with Crippen LogP contribution in [0.5, 0.6) is 5.75 Å². The van der Waals surface area contributed by atoms with Crippen LogP contribution in [0.4, 0.5) is 0 Å². The van der Waals surface area contributed by atoms with E-state index in [1.807, 2.05) is 30.3 Å². The van der Waals surface area contributed by atoms with E-state index in [2.05, 4.69) is 13.0 Å². The van der Waals surface area contributed by atoms with E-state index < -0.39 is 5.60 Å². The van der Waals surface area contributed by atoms with Gasteiger partial charge >= 0.3 is 0 Å². The van der Waals surface area contributed by atoms with Gasteiger partial charge in [0.25, 0.3) is 0 Å². The van der Waals surface area contributed by atoms with Crippen LogP contribution in [0.2, 0.25) is 10.0 Å². The fraction of sp³-hybridized carbons (Fsp3) is 0.520. The Bertz CT molecular complexity index is 938. The van der Waals surface area contributed by atoms with Gasteiger partial charge in [-0.2, -0.15) is 0 Å². The lowest BCUT2D eigenvalue weighted by atomic mass is 9.53. The highest BCUT2D eigenvalue weighted by molar-refractivity contribution is 6.36. The van der Waals surface area contributed by atoms with Gasteiger partial charge in [-0.05, 0) is 103 Å². The first kappa shape index (κ1) is 19.7. The molecule has 2 saturated carbocycles. The summed E-state index contributed by atoms with van der Waals surface area (Å²) in [5.41, 5.74) is 2.72. The van der Waals surface area contributed by atoms with E-state index in [9.17, 15) is 10.2 Å². The molecule has 0 bridgehead atoms. The lowest BCUT2D eigenvalue weighted by molar-refractivity contribution is -0.102. The molecule has 2 N–H and O–H groups in total. The molecule has 0 amide bonds. The van der Waals surface area contributed by atoms with Crippen molar-refractivity contribution in [3.05, 3.63) is 63.1 Å². The number of aliphatic hydroxyl groups is 1. The molecule has 29 heavy (non-hydrogen) atoms. The van der Waals surface area contributed by atoms with Gasteiger partial charge in [0.05, 0.1) is 5.60 Å². The summed E-state index contributed by atoms with van der Waals surface area (Å²) >= 11 is 12.9. The fourth-order valence-electron chi connectivity index (χ4n) is 6.96. The summed E-state index contributed by atoms with van der Waals surface area (Å²) in [4.78, 5) is 0. The molecule has 0 aromatic heterocycles. The van der Waals surface area contributed by atoms with Crippen molar-refractivity contribution in [2.24, 2.45) is 17.3 Å². The second-order valence-electron chi connectivity index (χ2n) is 9.70. The van der Waals surface area contributed by atoms with E-state index in [-0.39, 0.29) is 5.41 Å². The molecular weight excluding hydrogens is 403 g/mol. The number of hydrogen-bond donors (Lipinski definition) is 2. The van der Waals surface area contributed by atoms with Gasteiger partial charge in [-0.15, -0.1) is 0 Å². The quantitative estimate of drug-likeness (QED) is 0.568. The third-order valence-corrected chi connectivity index (χ3v) is 9.27. The fourth-order valence-corrected chi connectivity index (χ4v) is 7.49. The van der Waals surface area contributed by atoms with Crippen LogP contribution >= 0.6 is 23.2 Å². The van der Waals surface area contributed by atoms with E-state index in [4.69, 9.17) is 23.2 Å². The molecule has 3 aliphatic rings. The van der Waals surface area contributed by atoms with Crippen molar-refractivity contribution in [3.8, 4) is 5.75 Å². The van der Waals surface area contributed by atoms with Crippen LogP contribution in [-0.2, 0) is 12.8 Å². The lowest BCUT2D eigenvalue weighted by Crippen LogP contribution is -2.52. The molecular formula is C25H28Cl2O2. The predicted octanol–water partition coefficient (Wildman–Crippen LogP) is 6.53. The van der Waals surface area contributed by atoms with Crippen molar-refractivity contribution in [1.82, 2.24) is 0 Å². The minimum absolute atomic E-state index is 0.120. The van der Waals surface area contributed by atoms with Crippen LogP contribution in [-0.4, -0.2) is 15.8 Å². The Morgan fingerprint density at radius 3 is 2.55 bits per heavy atom. The Kier molecular flexibility index (Phi) is 4.70. The van der Waals surface area contributed by atoms with Gasteiger partial charge in [0.2, 0.25) is 0 Å². The molecule has 3 aliphatic carbocycles. The minimum atomic E-state index is -0.771. The van der Waals surface area contributed by atoms with Gasteiger partial charge in [0.15, 0.2) is 0 Å². The predicted molar refractivity (Wildman–Crippen MR) is 118 cm³/mol. The summed E-state index contributed by atoms with van der Waals surface area (Å²) in [7, 11) is 0. The Labute approximate surface area is 182 Å². The molecule has 0 saturated heterocycles. The number of phenols is 1. The first-order chi connectivity index (χ1) is 13.8. The molecule has 0 spiro atoms. The number of fused-ring (bicyclic) bond motifs is 5. The average Bonchev–Trinajstić information content (AvgIpc) is 2.96. The number of aryl methyl sites for hydroxylation is 1. The van der Waals surface area contributed by atoms with E-state index in [0.717, 1.165) is 44.1 Å². The Morgan fingerprint density at radius 2 is 1.79 bits per heavy atom. The topological polar surface area (TPSA) is 40.5 Å². The molecule has 2 aromatic carbocycles. The number of phenolic OH excluding ortho intramolecular Hbond substituents is 1. The van der Waals surface area contributed by atoms with Crippen molar-refractivity contribution in [1.29, 1.82) is 0 Å². The van der Waals surface area contributed by atoms with Gasteiger partial charge in [-0.25, -0.2) is 0 Å².